The van der Waals surface area contributed by atoms with Gasteiger partial charge in [0.05, 0.1) is 26.9 Å². The normalized spacial score (nSPS) is 16.8. The van der Waals surface area contributed by atoms with Gasteiger partial charge in [0.2, 0.25) is 0 Å². The molecular formula is C21H26N2O6S. The van der Waals surface area contributed by atoms with E-state index in [-0.39, 0.29) is 13.1 Å². The Hall–Kier alpha value is -2.62. The molecule has 2 aromatic carbocycles. The van der Waals surface area contributed by atoms with Gasteiger partial charge in [0, 0.05) is 31.7 Å². The van der Waals surface area contributed by atoms with Crippen LogP contribution in [-0.2, 0) is 28.0 Å². The molecule has 0 aliphatic carbocycles. The second-order valence-corrected chi connectivity index (χ2v) is 8.82. The number of hydrogen-bond donors (Lipinski definition) is 0. The molecule has 0 N–H and O–H groups in total. The lowest BCUT2D eigenvalue weighted by Crippen LogP contribution is -2.48. The van der Waals surface area contributed by atoms with Crippen LogP contribution in [0.3, 0.4) is 0 Å². The number of rotatable bonds is 7. The number of ether oxygens (including phenoxy) is 3. The molecule has 0 atom stereocenters. The Morgan fingerprint density at radius 1 is 0.933 bits per heavy atom. The van der Waals surface area contributed by atoms with Crippen LogP contribution in [0.2, 0.25) is 0 Å². The smallest absolute Gasteiger partial charge is 0.337 e. The van der Waals surface area contributed by atoms with E-state index in [1.165, 1.54) is 22.8 Å². The predicted molar refractivity (Wildman–Crippen MR) is 112 cm³/mol. The highest BCUT2D eigenvalue weighted by Gasteiger charge is 2.34. The highest BCUT2D eigenvalue weighted by molar-refractivity contribution is 7.86. The van der Waals surface area contributed by atoms with Crippen molar-refractivity contribution in [2.45, 2.75) is 19.5 Å². The Labute approximate surface area is 177 Å². The molecule has 0 amide bonds. The SMILES string of the molecule is COC(=O)c1ccc(OC)c(CN2CCCN(Cc3ccc(OC)cc3)S2(=O)=O)c1. The molecule has 1 saturated heterocycles. The molecule has 0 saturated carbocycles. The lowest BCUT2D eigenvalue weighted by molar-refractivity contribution is 0.0600. The molecule has 0 radical (unpaired) electrons. The zero-order chi connectivity index (χ0) is 21.7. The Kier molecular flexibility index (Phi) is 6.96. The monoisotopic (exact) mass is 434 g/mol. The summed E-state index contributed by atoms with van der Waals surface area (Å²) in [4.78, 5) is 11.9. The van der Waals surface area contributed by atoms with Crippen molar-refractivity contribution in [3.63, 3.8) is 0 Å². The van der Waals surface area contributed by atoms with Gasteiger partial charge in [-0.2, -0.15) is 17.0 Å². The van der Waals surface area contributed by atoms with Gasteiger partial charge in [0.25, 0.3) is 10.2 Å². The Balaban J connectivity index is 1.81. The first-order valence-electron chi connectivity index (χ1n) is 9.52. The van der Waals surface area contributed by atoms with Crippen molar-refractivity contribution >= 4 is 16.2 Å². The third-order valence-electron chi connectivity index (χ3n) is 5.03. The summed E-state index contributed by atoms with van der Waals surface area (Å²) in [6.45, 7) is 1.23. The number of hydrogen-bond acceptors (Lipinski definition) is 6. The summed E-state index contributed by atoms with van der Waals surface area (Å²) in [5.41, 5.74) is 1.83. The minimum Gasteiger partial charge on any atom is -0.497 e. The third-order valence-corrected chi connectivity index (χ3v) is 6.96. The maximum Gasteiger partial charge on any atom is 0.337 e. The van der Waals surface area contributed by atoms with Gasteiger partial charge in [-0.05, 0) is 42.3 Å². The van der Waals surface area contributed by atoms with Gasteiger partial charge in [-0.25, -0.2) is 4.79 Å². The molecule has 2 aromatic rings. The second kappa shape index (κ2) is 9.46. The van der Waals surface area contributed by atoms with E-state index in [2.05, 4.69) is 0 Å². The summed E-state index contributed by atoms with van der Waals surface area (Å²) in [7, 11) is 0.728. The van der Waals surface area contributed by atoms with Gasteiger partial charge in [-0.15, -0.1) is 0 Å². The van der Waals surface area contributed by atoms with Crippen LogP contribution < -0.4 is 9.47 Å². The molecule has 0 aromatic heterocycles. The number of carbonyl (C=O) groups is 1. The summed E-state index contributed by atoms with van der Waals surface area (Å²) in [5, 5.41) is 0. The highest BCUT2D eigenvalue weighted by Crippen LogP contribution is 2.27. The predicted octanol–water partition coefficient (Wildman–Crippen LogP) is 2.44. The minimum atomic E-state index is -3.68. The van der Waals surface area contributed by atoms with Crippen molar-refractivity contribution in [2.24, 2.45) is 0 Å². The number of methoxy groups -OCH3 is 3. The summed E-state index contributed by atoms with van der Waals surface area (Å²) in [6, 6.07) is 12.2. The summed E-state index contributed by atoms with van der Waals surface area (Å²) in [5.74, 6) is 0.756. The highest BCUT2D eigenvalue weighted by atomic mass is 32.2. The Morgan fingerprint density at radius 2 is 1.60 bits per heavy atom. The lowest BCUT2D eigenvalue weighted by Gasteiger charge is -2.35. The number of carbonyl (C=O) groups excluding carboxylic acids is 1. The van der Waals surface area contributed by atoms with E-state index in [9.17, 15) is 13.2 Å². The fourth-order valence-electron chi connectivity index (χ4n) is 3.41. The number of benzene rings is 2. The van der Waals surface area contributed by atoms with Crippen LogP contribution >= 0.6 is 0 Å². The fourth-order valence-corrected chi connectivity index (χ4v) is 5.07. The van der Waals surface area contributed by atoms with E-state index in [1.54, 1.807) is 25.3 Å². The molecule has 9 heteroatoms. The number of nitrogens with zero attached hydrogens (tertiary/aromatic N) is 2. The molecule has 162 valence electrons. The van der Waals surface area contributed by atoms with E-state index >= 15 is 0 Å². The number of esters is 1. The van der Waals surface area contributed by atoms with Crippen molar-refractivity contribution in [3.05, 3.63) is 59.2 Å². The van der Waals surface area contributed by atoms with Crippen LogP contribution in [0.5, 0.6) is 11.5 Å². The van der Waals surface area contributed by atoms with Gasteiger partial charge in [0.15, 0.2) is 0 Å². The van der Waals surface area contributed by atoms with Crippen molar-refractivity contribution in [1.29, 1.82) is 0 Å². The Morgan fingerprint density at radius 3 is 2.20 bits per heavy atom. The molecule has 3 rings (SSSR count). The first-order valence-corrected chi connectivity index (χ1v) is 10.9. The van der Waals surface area contributed by atoms with Crippen LogP contribution in [0.15, 0.2) is 42.5 Å². The van der Waals surface area contributed by atoms with Crippen molar-refractivity contribution < 1.29 is 27.4 Å². The zero-order valence-electron chi connectivity index (χ0n) is 17.3. The molecule has 1 heterocycles. The van der Waals surface area contributed by atoms with Gasteiger partial charge < -0.3 is 14.2 Å². The fraction of sp³-hybridized carbons (Fsp3) is 0.381. The zero-order valence-corrected chi connectivity index (χ0v) is 18.1. The third kappa shape index (κ3) is 4.75. The van der Waals surface area contributed by atoms with Crippen molar-refractivity contribution in [2.75, 3.05) is 34.4 Å². The van der Waals surface area contributed by atoms with Crippen LogP contribution in [-0.4, -0.2) is 57.4 Å². The molecule has 0 bridgehead atoms. The maximum absolute atomic E-state index is 13.2. The molecular weight excluding hydrogens is 408 g/mol. The van der Waals surface area contributed by atoms with Crippen LogP contribution in [0.1, 0.15) is 27.9 Å². The average Bonchev–Trinajstić information content (AvgIpc) is 2.76. The molecule has 1 aliphatic heterocycles. The minimum absolute atomic E-state index is 0.107. The van der Waals surface area contributed by atoms with Crippen molar-refractivity contribution in [1.82, 2.24) is 8.61 Å². The first kappa shape index (κ1) is 22.1. The summed E-state index contributed by atoms with van der Waals surface area (Å²) >= 11 is 0. The lowest BCUT2D eigenvalue weighted by atomic mass is 10.1. The largest absolute Gasteiger partial charge is 0.497 e. The van der Waals surface area contributed by atoms with E-state index in [0.717, 1.165) is 11.3 Å². The van der Waals surface area contributed by atoms with E-state index in [4.69, 9.17) is 14.2 Å². The molecule has 1 aliphatic rings. The first-order chi connectivity index (χ1) is 14.4. The molecule has 8 nitrogen and oxygen atoms in total. The van der Waals surface area contributed by atoms with Gasteiger partial charge in [-0.3, -0.25) is 0 Å². The standard InChI is InChI=1S/C21H26N2O6S/c1-27-19-8-5-16(6-9-19)14-22-11-4-12-23(30(22,25)26)15-18-13-17(21(24)29-3)7-10-20(18)28-2/h5-10,13H,4,11-12,14-15H2,1-3H3. The summed E-state index contributed by atoms with van der Waals surface area (Å²) in [6.07, 6.45) is 0.703. The van der Waals surface area contributed by atoms with Crippen molar-refractivity contribution in [3.8, 4) is 11.5 Å². The Bertz CT molecular complexity index is 991. The molecule has 1 fully saturated rings. The van der Waals surface area contributed by atoms with Gasteiger partial charge in [-0.1, -0.05) is 12.1 Å². The maximum atomic E-state index is 13.2. The van der Waals surface area contributed by atoms with Crippen LogP contribution in [0.25, 0.3) is 0 Å². The van der Waals surface area contributed by atoms with E-state index < -0.39 is 16.2 Å². The van der Waals surface area contributed by atoms with Gasteiger partial charge in [0.1, 0.15) is 11.5 Å². The van der Waals surface area contributed by atoms with Crippen LogP contribution in [0, 0.1) is 0 Å². The van der Waals surface area contributed by atoms with E-state index in [0.29, 0.717) is 36.4 Å². The topological polar surface area (TPSA) is 85.4 Å². The molecule has 0 unspecified atom stereocenters. The quantitative estimate of drug-likeness (QED) is 0.623. The summed E-state index contributed by atoms with van der Waals surface area (Å²) < 4.78 is 44.6. The van der Waals surface area contributed by atoms with Crippen LogP contribution in [0.4, 0.5) is 0 Å². The van der Waals surface area contributed by atoms with Gasteiger partial charge >= 0.3 is 5.97 Å². The molecule has 30 heavy (non-hydrogen) atoms. The molecule has 0 spiro atoms. The average molecular weight is 435 g/mol. The van der Waals surface area contributed by atoms with E-state index in [1.807, 2.05) is 24.3 Å². The second-order valence-electron chi connectivity index (χ2n) is 6.89.